The Morgan fingerprint density at radius 2 is 1.67 bits per heavy atom. The number of rotatable bonds is 7. The van der Waals surface area contributed by atoms with E-state index in [1.165, 1.54) is 0 Å². The first kappa shape index (κ1) is 22.9. The molecule has 0 radical (unpaired) electrons. The van der Waals surface area contributed by atoms with Crippen LogP contribution in [-0.4, -0.2) is 54.5 Å². The Bertz CT molecular complexity index is 1090. The third kappa shape index (κ3) is 5.20. The molecule has 2 N–H and O–H groups in total. The summed E-state index contributed by atoms with van der Waals surface area (Å²) in [6.07, 6.45) is 3.39. The molecule has 1 atom stereocenters. The molecule has 1 unspecified atom stereocenters. The van der Waals surface area contributed by atoms with Crippen LogP contribution in [0.5, 0.6) is 0 Å². The van der Waals surface area contributed by atoms with Gasteiger partial charge in [0.2, 0.25) is 11.8 Å². The minimum Gasteiger partial charge on any atom is -0.356 e. The molecule has 2 amide bonds. The van der Waals surface area contributed by atoms with Crippen LogP contribution < -0.4 is 10.6 Å². The zero-order valence-electron chi connectivity index (χ0n) is 18.9. The number of piperidine rings is 1. The first-order valence-corrected chi connectivity index (χ1v) is 11.6. The Morgan fingerprint density at radius 3 is 2.39 bits per heavy atom. The van der Waals surface area contributed by atoms with Crippen LogP contribution in [0.1, 0.15) is 64.4 Å². The van der Waals surface area contributed by atoms with Crippen LogP contribution in [0.25, 0.3) is 0 Å². The summed E-state index contributed by atoms with van der Waals surface area (Å²) in [4.78, 5) is 52.1. The number of likely N-dealkylation sites (tertiary alicyclic amines) is 1. The Balaban J connectivity index is 1.36. The lowest BCUT2D eigenvalue weighted by molar-refractivity contribution is -0.121. The van der Waals surface area contributed by atoms with E-state index in [0.29, 0.717) is 46.8 Å². The van der Waals surface area contributed by atoms with Crippen LogP contribution in [0.15, 0.2) is 42.5 Å². The van der Waals surface area contributed by atoms with Crippen molar-refractivity contribution in [1.29, 1.82) is 0 Å². The summed E-state index contributed by atoms with van der Waals surface area (Å²) in [5.74, 6) is -0.139. The molecule has 0 bridgehead atoms. The first-order chi connectivity index (χ1) is 16.0. The first-order valence-electron chi connectivity index (χ1n) is 11.6. The van der Waals surface area contributed by atoms with Crippen molar-refractivity contribution in [2.24, 2.45) is 5.92 Å². The molecule has 1 fully saturated rings. The van der Waals surface area contributed by atoms with Crippen molar-refractivity contribution in [2.75, 3.05) is 31.5 Å². The van der Waals surface area contributed by atoms with E-state index in [-0.39, 0.29) is 29.9 Å². The molecule has 2 aromatic carbocycles. The number of nitrogens with zero attached hydrogens (tertiary/aromatic N) is 1. The second-order valence-corrected chi connectivity index (χ2v) is 8.81. The van der Waals surface area contributed by atoms with E-state index in [2.05, 4.69) is 15.5 Å². The molecular formula is C26H29N3O4. The van der Waals surface area contributed by atoms with Gasteiger partial charge in [0, 0.05) is 47.5 Å². The molecule has 7 heteroatoms. The Morgan fingerprint density at radius 1 is 0.970 bits per heavy atom. The number of amides is 2. The summed E-state index contributed by atoms with van der Waals surface area (Å²) >= 11 is 0. The van der Waals surface area contributed by atoms with Crippen molar-refractivity contribution < 1.29 is 19.2 Å². The predicted molar refractivity (Wildman–Crippen MR) is 125 cm³/mol. The van der Waals surface area contributed by atoms with Crippen LogP contribution in [0.4, 0.5) is 5.69 Å². The summed E-state index contributed by atoms with van der Waals surface area (Å²) < 4.78 is 0. The average Bonchev–Trinajstić information content (AvgIpc) is 2.81. The minimum absolute atomic E-state index is 0.0791. The lowest BCUT2D eigenvalue weighted by Crippen LogP contribution is -2.43. The van der Waals surface area contributed by atoms with Gasteiger partial charge in [-0.05, 0) is 49.9 Å². The number of fused-ring (bicyclic) bond motifs is 2. The monoisotopic (exact) mass is 447 g/mol. The standard InChI is InChI=1S/C26H29N3O4/c1-2-6-23(30)27-14-17-7-5-12-29(15-17)16-24(31)28-18-10-11-21-22(13-18)26(33)20-9-4-3-8-19(20)25(21)32/h3-4,8-11,13,17H,2,5-7,12,14-16H2,1H3,(H,27,30)(H,28,31). The smallest absolute Gasteiger partial charge is 0.238 e. The number of carbonyl (C=O) groups is 4. The summed E-state index contributed by atoms with van der Waals surface area (Å²) in [7, 11) is 0. The van der Waals surface area contributed by atoms with Gasteiger partial charge in [-0.15, -0.1) is 0 Å². The number of carbonyl (C=O) groups excluding carboxylic acids is 4. The number of benzene rings is 2. The van der Waals surface area contributed by atoms with Crippen LogP contribution in [0, 0.1) is 5.92 Å². The molecule has 172 valence electrons. The maximum atomic E-state index is 12.9. The molecule has 0 spiro atoms. The van der Waals surface area contributed by atoms with E-state index >= 15 is 0 Å². The van der Waals surface area contributed by atoms with Crippen LogP contribution in [0.3, 0.4) is 0 Å². The number of nitrogens with one attached hydrogen (secondary N) is 2. The fourth-order valence-corrected chi connectivity index (χ4v) is 4.62. The second-order valence-electron chi connectivity index (χ2n) is 8.81. The van der Waals surface area contributed by atoms with E-state index in [1.54, 1.807) is 42.5 Å². The minimum atomic E-state index is -0.208. The normalized spacial score (nSPS) is 17.8. The van der Waals surface area contributed by atoms with Gasteiger partial charge in [0.15, 0.2) is 11.6 Å². The van der Waals surface area contributed by atoms with Gasteiger partial charge in [-0.1, -0.05) is 31.2 Å². The molecule has 2 aliphatic rings. The molecular weight excluding hydrogens is 418 g/mol. The fourth-order valence-electron chi connectivity index (χ4n) is 4.62. The molecule has 33 heavy (non-hydrogen) atoms. The highest BCUT2D eigenvalue weighted by Gasteiger charge is 2.29. The number of hydrogen-bond donors (Lipinski definition) is 2. The van der Waals surface area contributed by atoms with Gasteiger partial charge in [0.1, 0.15) is 0 Å². The Kier molecular flexibility index (Phi) is 6.99. The lowest BCUT2D eigenvalue weighted by Gasteiger charge is -2.32. The molecule has 4 rings (SSSR count). The molecule has 1 aliphatic carbocycles. The lowest BCUT2D eigenvalue weighted by atomic mass is 9.84. The van der Waals surface area contributed by atoms with Gasteiger partial charge in [-0.2, -0.15) is 0 Å². The third-order valence-electron chi connectivity index (χ3n) is 6.24. The van der Waals surface area contributed by atoms with Crippen LogP contribution in [-0.2, 0) is 9.59 Å². The van der Waals surface area contributed by atoms with E-state index in [1.807, 2.05) is 6.92 Å². The number of hydrogen-bond acceptors (Lipinski definition) is 5. The Hall–Kier alpha value is -3.32. The number of anilines is 1. The summed E-state index contributed by atoms with van der Waals surface area (Å²) in [5, 5.41) is 5.85. The van der Waals surface area contributed by atoms with Crippen LogP contribution in [0.2, 0.25) is 0 Å². The van der Waals surface area contributed by atoms with Gasteiger partial charge in [-0.3, -0.25) is 24.1 Å². The van der Waals surface area contributed by atoms with Crippen molar-refractivity contribution in [1.82, 2.24) is 10.2 Å². The highest BCUT2D eigenvalue weighted by Crippen LogP contribution is 2.29. The van der Waals surface area contributed by atoms with Crippen molar-refractivity contribution in [2.45, 2.75) is 32.6 Å². The third-order valence-corrected chi connectivity index (χ3v) is 6.24. The van der Waals surface area contributed by atoms with Gasteiger partial charge in [0.05, 0.1) is 6.54 Å². The Labute approximate surface area is 193 Å². The molecule has 0 saturated carbocycles. The maximum Gasteiger partial charge on any atom is 0.238 e. The highest BCUT2D eigenvalue weighted by molar-refractivity contribution is 6.28. The van der Waals surface area contributed by atoms with Gasteiger partial charge in [-0.25, -0.2) is 0 Å². The quantitative estimate of drug-likeness (QED) is 0.581. The van der Waals surface area contributed by atoms with E-state index in [4.69, 9.17) is 0 Å². The molecule has 1 aliphatic heterocycles. The summed E-state index contributed by atoms with van der Waals surface area (Å²) in [5.41, 5.74) is 1.99. The van der Waals surface area contributed by atoms with Crippen molar-refractivity contribution in [3.05, 3.63) is 64.7 Å². The molecule has 2 aromatic rings. The largest absolute Gasteiger partial charge is 0.356 e. The maximum absolute atomic E-state index is 12.9. The van der Waals surface area contributed by atoms with Crippen molar-refractivity contribution in [3.8, 4) is 0 Å². The fraction of sp³-hybridized carbons (Fsp3) is 0.385. The van der Waals surface area contributed by atoms with E-state index in [0.717, 1.165) is 32.4 Å². The average molecular weight is 448 g/mol. The zero-order valence-corrected chi connectivity index (χ0v) is 18.9. The highest BCUT2D eigenvalue weighted by atomic mass is 16.2. The van der Waals surface area contributed by atoms with Crippen molar-refractivity contribution >= 4 is 29.1 Å². The molecule has 1 saturated heterocycles. The van der Waals surface area contributed by atoms with Crippen molar-refractivity contribution in [3.63, 3.8) is 0 Å². The number of ketones is 2. The van der Waals surface area contributed by atoms with E-state index < -0.39 is 0 Å². The predicted octanol–water partition coefficient (Wildman–Crippen LogP) is 3.03. The van der Waals surface area contributed by atoms with Gasteiger partial charge in [0.25, 0.3) is 0 Å². The molecule has 0 aromatic heterocycles. The molecule has 7 nitrogen and oxygen atoms in total. The second kappa shape index (κ2) is 10.1. The van der Waals surface area contributed by atoms with Crippen LogP contribution >= 0.6 is 0 Å². The topological polar surface area (TPSA) is 95.6 Å². The van der Waals surface area contributed by atoms with Gasteiger partial charge < -0.3 is 10.6 Å². The summed E-state index contributed by atoms with van der Waals surface area (Å²) in [6.45, 7) is 4.45. The SMILES string of the molecule is CCCC(=O)NCC1CCCN(CC(=O)Nc2ccc3c(c2)C(=O)c2ccccc2C3=O)C1. The van der Waals surface area contributed by atoms with Gasteiger partial charge >= 0.3 is 0 Å². The van der Waals surface area contributed by atoms with E-state index in [9.17, 15) is 19.2 Å². The molecule has 1 heterocycles. The zero-order chi connectivity index (χ0) is 23.4. The summed E-state index contributed by atoms with van der Waals surface area (Å²) in [6, 6.07) is 11.7.